The van der Waals surface area contributed by atoms with Crippen molar-refractivity contribution in [1.29, 1.82) is 0 Å². The van der Waals surface area contributed by atoms with Gasteiger partial charge in [-0.2, -0.15) is 5.10 Å². The SMILES string of the molecule is Cc1nn(C)c(C)c1CNc1ccc2c(c1)CCCN2C. The fourth-order valence-corrected chi connectivity index (χ4v) is 3.16. The number of aromatic nitrogens is 2. The maximum absolute atomic E-state index is 4.47. The van der Waals surface area contributed by atoms with Crippen molar-refractivity contribution in [3.05, 3.63) is 40.7 Å². The Morgan fingerprint density at radius 1 is 1.24 bits per heavy atom. The maximum Gasteiger partial charge on any atom is 0.0646 e. The summed E-state index contributed by atoms with van der Waals surface area (Å²) in [4.78, 5) is 2.35. The van der Waals surface area contributed by atoms with Gasteiger partial charge < -0.3 is 10.2 Å². The monoisotopic (exact) mass is 284 g/mol. The van der Waals surface area contributed by atoms with Crippen molar-refractivity contribution in [1.82, 2.24) is 9.78 Å². The highest BCUT2D eigenvalue weighted by Gasteiger charge is 2.14. The first kappa shape index (κ1) is 14.0. The molecule has 0 unspecified atom stereocenters. The molecular formula is C17H24N4. The summed E-state index contributed by atoms with van der Waals surface area (Å²) in [6, 6.07) is 6.72. The summed E-state index contributed by atoms with van der Waals surface area (Å²) in [5, 5.41) is 8.02. The van der Waals surface area contributed by atoms with E-state index in [9.17, 15) is 0 Å². The molecule has 4 heteroatoms. The van der Waals surface area contributed by atoms with Crippen molar-refractivity contribution in [2.24, 2.45) is 7.05 Å². The number of fused-ring (bicyclic) bond motifs is 1. The van der Waals surface area contributed by atoms with E-state index < -0.39 is 0 Å². The number of aryl methyl sites for hydroxylation is 3. The molecule has 0 aliphatic carbocycles. The van der Waals surface area contributed by atoms with Gasteiger partial charge in [0.1, 0.15) is 0 Å². The van der Waals surface area contributed by atoms with E-state index in [0.29, 0.717) is 0 Å². The molecule has 3 rings (SSSR count). The highest BCUT2D eigenvalue weighted by atomic mass is 15.3. The summed E-state index contributed by atoms with van der Waals surface area (Å²) >= 11 is 0. The summed E-state index contributed by atoms with van der Waals surface area (Å²) in [6.07, 6.45) is 2.42. The second-order valence-electron chi connectivity index (χ2n) is 6.00. The van der Waals surface area contributed by atoms with Gasteiger partial charge in [-0.15, -0.1) is 0 Å². The smallest absolute Gasteiger partial charge is 0.0646 e. The highest BCUT2D eigenvalue weighted by Crippen LogP contribution is 2.28. The van der Waals surface area contributed by atoms with Crippen molar-refractivity contribution in [2.75, 3.05) is 23.8 Å². The zero-order chi connectivity index (χ0) is 15.0. The van der Waals surface area contributed by atoms with E-state index in [1.54, 1.807) is 0 Å². The molecule has 0 amide bonds. The second-order valence-corrected chi connectivity index (χ2v) is 6.00. The number of benzene rings is 1. The summed E-state index contributed by atoms with van der Waals surface area (Å²) in [7, 11) is 4.17. The lowest BCUT2D eigenvalue weighted by Crippen LogP contribution is -2.24. The molecule has 1 aromatic carbocycles. The number of nitrogens with one attached hydrogen (secondary N) is 1. The molecule has 1 aliphatic heterocycles. The molecule has 1 aliphatic rings. The van der Waals surface area contributed by atoms with E-state index in [2.05, 4.69) is 54.4 Å². The Morgan fingerprint density at radius 3 is 2.76 bits per heavy atom. The van der Waals surface area contributed by atoms with Gasteiger partial charge in [-0.05, 0) is 50.5 Å². The van der Waals surface area contributed by atoms with Crippen LogP contribution in [0.2, 0.25) is 0 Å². The van der Waals surface area contributed by atoms with Crippen LogP contribution in [-0.2, 0) is 20.0 Å². The average molecular weight is 284 g/mol. The van der Waals surface area contributed by atoms with Crippen molar-refractivity contribution in [2.45, 2.75) is 33.2 Å². The lowest BCUT2D eigenvalue weighted by Gasteiger charge is -2.28. The van der Waals surface area contributed by atoms with Gasteiger partial charge in [0.15, 0.2) is 0 Å². The summed E-state index contributed by atoms with van der Waals surface area (Å²) in [6.45, 7) is 6.19. The quantitative estimate of drug-likeness (QED) is 0.940. The zero-order valence-corrected chi connectivity index (χ0v) is 13.4. The average Bonchev–Trinajstić information content (AvgIpc) is 2.70. The van der Waals surface area contributed by atoms with Crippen LogP contribution in [0.4, 0.5) is 11.4 Å². The van der Waals surface area contributed by atoms with E-state index in [4.69, 9.17) is 0 Å². The third kappa shape index (κ3) is 2.62. The molecule has 0 spiro atoms. The number of rotatable bonds is 3. The third-order valence-electron chi connectivity index (χ3n) is 4.56. The van der Waals surface area contributed by atoms with Crippen LogP contribution in [0.25, 0.3) is 0 Å². The molecule has 112 valence electrons. The largest absolute Gasteiger partial charge is 0.381 e. The van der Waals surface area contributed by atoms with Crippen LogP contribution in [0.5, 0.6) is 0 Å². The first-order chi connectivity index (χ1) is 10.1. The summed E-state index contributed by atoms with van der Waals surface area (Å²) in [5.41, 5.74) is 7.67. The molecule has 0 fully saturated rings. The van der Waals surface area contributed by atoms with Crippen LogP contribution in [0.15, 0.2) is 18.2 Å². The number of hydrogen-bond donors (Lipinski definition) is 1. The van der Waals surface area contributed by atoms with Crippen LogP contribution < -0.4 is 10.2 Å². The van der Waals surface area contributed by atoms with Gasteiger partial charge in [0.25, 0.3) is 0 Å². The maximum atomic E-state index is 4.47. The van der Waals surface area contributed by atoms with Crippen molar-refractivity contribution in [3.63, 3.8) is 0 Å². The molecule has 0 radical (unpaired) electrons. The van der Waals surface area contributed by atoms with Crippen LogP contribution in [-0.4, -0.2) is 23.4 Å². The predicted molar refractivity (Wildman–Crippen MR) is 88.0 cm³/mol. The fraction of sp³-hybridized carbons (Fsp3) is 0.471. The molecule has 0 saturated heterocycles. The molecule has 0 bridgehead atoms. The van der Waals surface area contributed by atoms with E-state index in [1.807, 2.05) is 11.7 Å². The van der Waals surface area contributed by atoms with Gasteiger partial charge >= 0.3 is 0 Å². The van der Waals surface area contributed by atoms with Gasteiger partial charge in [0.2, 0.25) is 0 Å². The molecule has 1 aromatic heterocycles. The molecular weight excluding hydrogens is 260 g/mol. The Labute approximate surface area is 126 Å². The minimum absolute atomic E-state index is 0.833. The van der Waals surface area contributed by atoms with E-state index in [1.165, 1.54) is 41.0 Å². The molecule has 0 atom stereocenters. The van der Waals surface area contributed by atoms with E-state index >= 15 is 0 Å². The lowest BCUT2D eigenvalue weighted by atomic mass is 10.0. The van der Waals surface area contributed by atoms with Crippen LogP contribution >= 0.6 is 0 Å². The Balaban J connectivity index is 1.77. The molecule has 4 nitrogen and oxygen atoms in total. The topological polar surface area (TPSA) is 33.1 Å². The second kappa shape index (κ2) is 5.43. The van der Waals surface area contributed by atoms with Crippen LogP contribution in [0.3, 0.4) is 0 Å². The van der Waals surface area contributed by atoms with Crippen LogP contribution in [0, 0.1) is 13.8 Å². The first-order valence-electron chi connectivity index (χ1n) is 7.63. The van der Waals surface area contributed by atoms with Gasteiger partial charge in [-0.1, -0.05) is 0 Å². The molecule has 1 N–H and O–H groups in total. The van der Waals surface area contributed by atoms with Gasteiger partial charge in [0.05, 0.1) is 5.69 Å². The van der Waals surface area contributed by atoms with Crippen molar-refractivity contribution < 1.29 is 0 Å². The van der Waals surface area contributed by atoms with Gasteiger partial charge in [-0.25, -0.2) is 0 Å². The number of nitrogens with zero attached hydrogens (tertiary/aromatic N) is 3. The molecule has 0 saturated carbocycles. The summed E-state index contributed by atoms with van der Waals surface area (Å²) in [5.74, 6) is 0. The standard InChI is InChI=1S/C17H24N4/c1-12-16(13(2)21(4)19-12)11-18-15-7-8-17-14(10-15)6-5-9-20(17)3/h7-8,10,18H,5-6,9,11H2,1-4H3. The van der Waals surface area contributed by atoms with E-state index in [-0.39, 0.29) is 0 Å². The lowest BCUT2D eigenvalue weighted by molar-refractivity contribution is 0.730. The number of anilines is 2. The Hall–Kier alpha value is -1.97. The Bertz CT molecular complexity index is 657. The Morgan fingerprint density at radius 2 is 2.05 bits per heavy atom. The molecule has 2 aromatic rings. The number of hydrogen-bond acceptors (Lipinski definition) is 3. The molecule has 2 heterocycles. The minimum atomic E-state index is 0.833. The van der Waals surface area contributed by atoms with Gasteiger partial charge in [0, 0.05) is 49.8 Å². The molecule has 21 heavy (non-hydrogen) atoms. The third-order valence-corrected chi connectivity index (χ3v) is 4.56. The highest BCUT2D eigenvalue weighted by molar-refractivity contribution is 5.62. The normalized spacial score (nSPS) is 14.2. The Kier molecular flexibility index (Phi) is 3.62. The van der Waals surface area contributed by atoms with Gasteiger partial charge in [-0.3, -0.25) is 4.68 Å². The zero-order valence-electron chi connectivity index (χ0n) is 13.4. The first-order valence-corrected chi connectivity index (χ1v) is 7.63. The van der Waals surface area contributed by atoms with Crippen molar-refractivity contribution in [3.8, 4) is 0 Å². The van der Waals surface area contributed by atoms with Crippen molar-refractivity contribution >= 4 is 11.4 Å². The van der Waals surface area contributed by atoms with E-state index in [0.717, 1.165) is 18.8 Å². The fourth-order valence-electron chi connectivity index (χ4n) is 3.16. The predicted octanol–water partition coefficient (Wildman–Crippen LogP) is 3.03. The summed E-state index contributed by atoms with van der Waals surface area (Å²) < 4.78 is 1.95. The minimum Gasteiger partial charge on any atom is -0.381 e. The van der Waals surface area contributed by atoms with Crippen LogP contribution in [0.1, 0.15) is 28.9 Å².